The van der Waals surface area contributed by atoms with Gasteiger partial charge >= 0.3 is 0 Å². The highest BCUT2D eigenvalue weighted by atomic mass is 35.5. The molecule has 5 heteroatoms. The Labute approximate surface area is 105 Å². The van der Waals surface area contributed by atoms with Crippen LogP contribution < -0.4 is 10.6 Å². The highest BCUT2D eigenvalue weighted by molar-refractivity contribution is 6.35. The van der Waals surface area contributed by atoms with Crippen LogP contribution in [0.1, 0.15) is 0 Å². The summed E-state index contributed by atoms with van der Waals surface area (Å²) in [5.74, 6) is 0. The number of halogens is 2. The Kier molecular flexibility index (Phi) is 3.92. The standard InChI is InChI=1S/C11H14Cl2N2O/c12-8-3-9(13)5-10(4-8)15-1-2-16-7-11(15)6-14/h3-5,11H,1-2,6-7,14H2. The summed E-state index contributed by atoms with van der Waals surface area (Å²) < 4.78 is 5.40. The minimum Gasteiger partial charge on any atom is -0.377 e. The van der Waals surface area contributed by atoms with Gasteiger partial charge in [0.15, 0.2) is 0 Å². The molecule has 0 aromatic heterocycles. The van der Waals surface area contributed by atoms with Crippen molar-refractivity contribution in [2.75, 3.05) is 31.2 Å². The zero-order chi connectivity index (χ0) is 11.5. The van der Waals surface area contributed by atoms with E-state index in [1.807, 2.05) is 12.1 Å². The molecule has 0 spiro atoms. The van der Waals surface area contributed by atoms with Crippen LogP contribution in [0.3, 0.4) is 0 Å². The maximum atomic E-state index is 5.99. The molecule has 1 saturated heterocycles. The minimum absolute atomic E-state index is 0.197. The number of rotatable bonds is 2. The number of hydrogen-bond acceptors (Lipinski definition) is 3. The molecule has 1 aromatic rings. The molecule has 1 heterocycles. The number of nitrogens with zero attached hydrogens (tertiary/aromatic N) is 1. The van der Waals surface area contributed by atoms with Crippen LogP contribution >= 0.6 is 23.2 Å². The Bertz CT molecular complexity index is 353. The molecule has 1 unspecified atom stereocenters. The van der Waals surface area contributed by atoms with Crippen LogP contribution in [0, 0.1) is 0 Å². The van der Waals surface area contributed by atoms with Gasteiger partial charge in [0.2, 0.25) is 0 Å². The Morgan fingerprint density at radius 2 is 2.00 bits per heavy atom. The van der Waals surface area contributed by atoms with Gasteiger partial charge in [-0.05, 0) is 18.2 Å². The number of anilines is 1. The van der Waals surface area contributed by atoms with E-state index in [4.69, 9.17) is 33.7 Å². The van der Waals surface area contributed by atoms with Crippen LogP contribution in [-0.2, 0) is 4.74 Å². The lowest BCUT2D eigenvalue weighted by Crippen LogP contribution is -2.49. The molecule has 88 valence electrons. The van der Waals surface area contributed by atoms with E-state index in [1.165, 1.54) is 0 Å². The van der Waals surface area contributed by atoms with E-state index in [1.54, 1.807) is 6.07 Å². The third-order valence-corrected chi connectivity index (χ3v) is 3.12. The maximum Gasteiger partial charge on any atom is 0.0683 e. The molecule has 0 aliphatic carbocycles. The first-order valence-electron chi connectivity index (χ1n) is 5.21. The predicted octanol–water partition coefficient (Wildman–Crippen LogP) is 2.16. The summed E-state index contributed by atoms with van der Waals surface area (Å²) in [5, 5.41) is 1.29. The Balaban J connectivity index is 2.26. The van der Waals surface area contributed by atoms with Gasteiger partial charge in [0, 0.05) is 28.8 Å². The normalized spacial score (nSPS) is 21.2. The van der Waals surface area contributed by atoms with Gasteiger partial charge in [-0.15, -0.1) is 0 Å². The molecule has 1 aliphatic heterocycles. The van der Waals surface area contributed by atoms with Gasteiger partial charge in [-0.25, -0.2) is 0 Å². The largest absolute Gasteiger partial charge is 0.377 e. The number of hydrogen-bond donors (Lipinski definition) is 1. The lowest BCUT2D eigenvalue weighted by Gasteiger charge is -2.36. The van der Waals surface area contributed by atoms with Crippen molar-refractivity contribution < 1.29 is 4.74 Å². The SMILES string of the molecule is NCC1COCCN1c1cc(Cl)cc(Cl)c1. The monoisotopic (exact) mass is 260 g/mol. The van der Waals surface area contributed by atoms with Gasteiger partial charge in [0.1, 0.15) is 0 Å². The van der Waals surface area contributed by atoms with Crippen molar-refractivity contribution in [1.82, 2.24) is 0 Å². The molecule has 0 bridgehead atoms. The van der Waals surface area contributed by atoms with Crippen LogP contribution in [0.5, 0.6) is 0 Å². The average Bonchev–Trinajstić information content (AvgIpc) is 2.27. The fourth-order valence-electron chi connectivity index (χ4n) is 1.90. The predicted molar refractivity (Wildman–Crippen MR) is 67.5 cm³/mol. The molecule has 16 heavy (non-hydrogen) atoms. The van der Waals surface area contributed by atoms with Gasteiger partial charge in [0.25, 0.3) is 0 Å². The number of benzene rings is 1. The first-order chi connectivity index (χ1) is 7.70. The molecular formula is C11H14Cl2N2O. The Hall–Kier alpha value is -0.480. The number of nitrogens with two attached hydrogens (primary N) is 1. The topological polar surface area (TPSA) is 38.5 Å². The summed E-state index contributed by atoms with van der Waals surface area (Å²) in [6.45, 7) is 2.74. The average molecular weight is 261 g/mol. The van der Waals surface area contributed by atoms with E-state index < -0.39 is 0 Å². The van der Waals surface area contributed by atoms with Crippen LogP contribution in [-0.4, -0.2) is 32.3 Å². The highest BCUT2D eigenvalue weighted by Gasteiger charge is 2.22. The fraction of sp³-hybridized carbons (Fsp3) is 0.455. The van der Waals surface area contributed by atoms with Crippen LogP contribution in [0.2, 0.25) is 10.0 Å². The summed E-state index contributed by atoms with van der Waals surface area (Å²) in [4.78, 5) is 2.20. The molecule has 1 atom stereocenters. The molecule has 1 fully saturated rings. The first kappa shape index (κ1) is 12.0. The van der Waals surface area contributed by atoms with Crippen LogP contribution in [0.25, 0.3) is 0 Å². The van der Waals surface area contributed by atoms with Crippen molar-refractivity contribution in [2.24, 2.45) is 5.73 Å². The van der Waals surface area contributed by atoms with Gasteiger partial charge in [0.05, 0.1) is 19.3 Å². The second-order valence-electron chi connectivity index (χ2n) is 3.79. The number of ether oxygens (including phenoxy) is 1. The Morgan fingerprint density at radius 1 is 1.31 bits per heavy atom. The third-order valence-electron chi connectivity index (χ3n) is 2.68. The second kappa shape index (κ2) is 5.23. The van der Waals surface area contributed by atoms with Crippen LogP contribution in [0.4, 0.5) is 5.69 Å². The zero-order valence-corrected chi connectivity index (χ0v) is 10.3. The van der Waals surface area contributed by atoms with E-state index in [-0.39, 0.29) is 6.04 Å². The van der Waals surface area contributed by atoms with Gasteiger partial charge in [-0.3, -0.25) is 0 Å². The lowest BCUT2D eigenvalue weighted by atomic mass is 10.2. The van der Waals surface area contributed by atoms with Crippen molar-refractivity contribution in [3.8, 4) is 0 Å². The summed E-state index contributed by atoms with van der Waals surface area (Å²) in [5.41, 5.74) is 6.73. The van der Waals surface area contributed by atoms with E-state index in [2.05, 4.69) is 4.90 Å². The molecule has 0 radical (unpaired) electrons. The highest BCUT2D eigenvalue weighted by Crippen LogP contribution is 2.27. The first-order valence-corrected chi connectivity index (χ1v) is 5.97. The van der Waals surface area contributed by atoms with Crippen molar-refractivity contribution in [3.63, 3.8) is 0 Å². The minimum atomic E-state index is 0.197. The molecule has 3 nitrogen and oxygen atoms in total. The van der Waals surface area contributed by atoms with E-state index in [9.17, 15) is 0 Å². The quantitative estimate of drug-likeness (QED) is 0.886. The van der Waals surface area contributed by atoms with Gasteiger partial charge in [-0.1, -0.05) is 23.2 Å². The molecule has 2 N–H and O–H groups in total. The molecule has 1 aromatic carbocycles. The summed E-state index contributed by atoms with van der Waals surface area (Å²) in [6.07, 6.45) is 0. The second-order valence-corrected chi connectivity index (χ2v) is 4.66. The molecule has 2 rings (SSSR count). The molecule has 0 saturated carbocycles. The lowest BCUT2D eigenvalue weighted by molar-refractivity contribution is 0.0963. The van der Waals surface area contributed by atoms with E-state index in [0.29, 0.717) is 29.8 Å². The smallest absolute Gasteiger partial charge is 0.0683 e. The summed E-state index contributed by atoms with van der Waals surface area (Å²) in [6, 6.07) is 5.73. The molecular weight excluding hydrogens is 247 g/mol. The Morgan fingerprint density at radius 3 is 2.62 bits per heavy atom. The fourth-order valence-corrected chi connectivity index (χ4v) is 2.41. The van der Waals surface area contributed by atoms with E-state index >= 15 is 0 Å². The van der Waals surface area contributed by atoms with Crippen molar-refractivity contribution >= 4 is 28.9 Å². The van der Waals surface area contributed by atoms with E-state index in [0.717, 1.165) is 12.2 Å². The van der Waals surface area contributed by atoms with Crippen molar-refractivity contribution in [1.29, 1.82) is 0 Å². The molecule has 0 amide bonds. The van der Waals surface area contributed by atoms with Crippen molar-refractivity contribution in [2.45, 2.75) is 6.04 Å². The third kappa shape index (κ3) is 2.61. The summed E-state index contributed by atoms with van der Waals surface area (Å²) >= 11 is 12.0. The maximum absolute atomic E-state index is 5.99. The van der Waals surface area contributed by atoms with Crippen LogP contribution in [0.15, 0.2) is 18.2 Å². The van der Waals surface area contributed by atoms with Crippen molar-refractivity contribution in [3.05, 3.63) is 28.2 Å². The molecule has 1 aliphatic rings. The summed E-state index contributed by atoms with van der Waals surface area (Å²) in [7, 11) is 0. The zero-order valence-electron chi connectivity index (χ0n) is 8.83. The van der Waals surface area contributed by atoms with Gasteiger partial charge < -0.3 is 15.4 Å². The van der Waals surface area contributed by atoms with Gasteiger partial charge in [-0.2, -0.15) is 0 Å². The number of morpholine rings is 1.